The lowest BCUT2D eigenvalue weighted by Gasteiger charge is -2.37. The first kappa shape index (κ1) is 15.3. The van der Waals surface area contributed by atoms with Gasteiger partial charge in [0.15, 0.2) is 0 Å². The minimum Gasteiger partial charge on any atom is -0.398 e. The van der Waals surface area contributed by atoms with Crippen molar-refractivity contribution in [1.82, 2.24) is 0 Å². The van der Waals surface area contributed by atoms with Crippen molar-refractivity contribution in [2.75, 3.05) is 0 Å². The van der Waals surface area contributed by atoms with Crippen molar-refractivity contribution in [2.24, 2.45) is 5.41 Å². The lowest BCUT2D eigenvalue weighted by atomic mass is 9.61. The van der Waals surface area contributed by atoms with Crippen LogP contribution in [0, 0.1) is 16.7 Å². The van der Waals surface area contributed by atoms with Crippen molar-refractivity contribution in [1.29, 1.82) is 5.26 Å². The Morgan fingerprint density at radius 2 is 1.85 bits per heavy atom. The van der Waals surface area contributed by atoms with Crippen LogP contribution in [0.2, 0.25) is 0 Å². The summed E-state index contributed by atoms with van der Waals surface area (Å²) in [4.78, 5) is 0. The van der Waals surface area contributed by atoms with Gasteiger partial charge in [0.1, 0.15) is 5.73 Å². The van der Waals surface area contributed by atoms with E-state index in [9.17, 15) is 9.65 Å². The summed E-state index contributed by atoms with van der Waals surface area (Å²) in [5.41, 5.74) is -1.32. The van der Waals surface area contributed by atoms with Crippen LogP contribution in [-0.4, -0.2) is 18.3 Å². The average molecular weight is 277 g/mol. The molecule has 0 aromatic heterocycles. The molecule has 1 heterocycles. The van der Waals surface area contributed by atoms with Crippen molar-refractivity contribution in [3.63, 3.8) is 0 Å². The van der Waals surface area contributed by atoms with Gasteiger partial charge in [0.25, 0.3) is 0 Å². The number of nitrogens with zero attached hydrogens (tertiary/aromatic N) is 1. The van der Waals surface area contributed by atoms with Crippen LogP contribution in [0.1, 0.15) is 47.0 Å². The fourth-order valence-electron chi connectivity index (χ4n) is 2.59. The standard InChI is InChI=1S/C15H21BFNO2/c1-6-7-15(10-18)8-11(9-15)12(17)16-19-13(2,3)14(4,5)20-16/h6H,1,7-9H2,2-5H3. The summed E-state index contributed by atoms with van der Waals surface area (Å²) in [6.07, 6.45) is 3.17. The summed E-state index contributed by atoms with van der Waals surface area (Å²) in [7, 11) is -0.949. The van der Waals surface area contributed by atoms with Gasteiger partial charge in [-0.15, -0.1) is 6.58 Å². The number of hydrogen-bond donors (Lipinski definition) is 0. The highest BCUT2D eigenvalue weighted by Gasteiger charge is 2.55. The Labute approximate surface area is 120 Å². The molecule has 0 unspecified atom stereocenters. The van der Waals surface area contributed by atoms with E-state index >= 15 is 0 Å². The fourth-order valence-corrected chi connectivity index (χ4v) is 2.59. The molecule has 1 saturated carbocycles. The number of rotatable bonds is 3. The summed E-state index contributed by atoms with van der Waals surface area (Å²) in [5, 5.41) is 9.19. The topological polar surface area (TPSA) is 42.2 Å². The quantitative estimate of drug-likeness (QED) is 0.583. The highest BCUT2D eigenvalue weighted by Crippen LogP contribution is 2.50. The zero-order valence-corrected chi connectivity index (χ0v) is 12.6. The van der Waals surface area contributed by atoms with Crippen molar-refractivity contribution >= 4 is 7.12 Å². The molecule has 0 amide bonds. The molecular weight excluding hydrogens is 256 g/mol. The molecule has 2 rings (SSSR count). The summed E-state index contributed by atoms with van der Waals surface area (Å²) in [5.74, 6) is 0. The number of nitriles is 1. The normalized spacial score (nSPS) is 30.6. The van der Waals surface area contributed by atoms with Crippen LogP contribution in [0.25, 0.3) is 0 Å². The molecule has 0 aromatic rings. The minimum atomic E-state index is -0.949. The first-order chi connectivity index (χ1) is 9.16. The molecule has 2 aliphatic rings. The van der Waals surface area contributed by atoms with Gasteiger partial charge in [-0.1, -0.05) is 6.08 Å². The maximum atomic E-state index is 14.5. The van der Waals surface area contributed by atoms with Crippen LogP contribution in [0.4, 0.5) is 4.39 Å². The molecule has 0 spiro atoms. The second-order valence-corrected chi connectivity index (χ2v) is 6.78. The second kappa shape index (κ2) is 4.72. The maximum Gasteiger partial charge on any atom is 0.525 e. The first-order valence-corrected chi connectivity index (χ1v) is 6.92. The Bertz CT molecular complexity index is 480. The fraction of sp³-hybridized carbons (Fsp3) is 0.667. The molecule has 1 aliphatic carbocycles. The van der Waals surface area contributed by atoms with Crippen LogP contribution in [0.15, 0.2) is 24.0 Å². The molecule has 3 nitrogen and oxygen atoms in total. The first-order valence-electron chi connectivity index (χ1n) is 6.92. The molecular formula is C15H21BFNO2. The molecule has 5 heteroatoms. The summed E-state index contributed by atoms with van der Waals surface area (Å²) in [6, 6.07) is 2.27. The van der Waals surface area contributed by atoms with Crippen LogP contribution >= 0.6 is 0 Å². The Morgan fingerprint density at radius 1 is 1.35 bits per heavy atom. The Morgan fingerprint density at radius 3 is 2.25 bits per heavy atom. The molecule has 2 fully saturated rings. The van der Waals surface area contributed by atoms with Crippen molar-refractivity contribution < 1.29 is 13.7 Å². The second-order valence-electron chi connectivity index (χ2n) is 6.78. The zero-order chi connectivity index (χ0) is 15.2. The Balaban J connectivity index is 2.12. The van der Waals surface area contributed by atoms with E-state index in [1.165, 1.54) is 0 Å². The minimum absolute atomic E-state index is 0.362. The monoisotopic (exact) mass is 277 g/mol. The molecule has 108 valence electrons. The number of allylic oxidation sites excluding steroid dienone is 2. The van der Waals surface area contributed by atoms with E-state index in [-0.39, 0.29) is 5.73 Å². The third kappa shape index (κ3) is 2.32. The molecule has 0 N–H and O–H groups in total. The smallest absolute Gasteiger partial charge is 0.398 e. The van der Waals surface area contributed by atoms with Gasteiger partial charge in [-0.2, -0.15) is 5.26 Å². The van der Waals surface area contributed by atoms with Gasteiger partial charge < -0.3 is 9.31 Å². The van der Waals surface area contributed by atoms with Gasteiger partial charge in [0.2, 0.25) is 0 Å². The van der Waals surface area contributed by atoms with E-state index in [4.69, 9.17) is 9.31 Å². The van der Waals surface area contributed by atoms with E-state index in [1.807, 2.05) is 27.7 Å². The highest BCUT2D eigenvalue weighted by atomic mass is 19.1. The lowest BCUT2D eigenvalue weighted by molar-refractivity contribution is 0.00578. The molecule has 1 saturated heterocycles. The third-order valence-corrected chi connectivity index (χ3v) is 4.67. The maximum absolute atomic E-state index is 14.5. The number of halogens is 1. The Kier molecular flexibility index (Phi) is 3.60. The van der Waals surface area contributed by atoms with Crippen molar-refractivity contribution in [3.05, 3.63) is 24.0 Å². The SMILES string of the molecule is C=CCC1(C#N)CC(=C(F)B2OC(C)(C)C(C)(C)O2)C1. The predicted molar refractivity (Wildman–Crippen MR) is 76.3 cm³/mol. The molecule has 20 heavy (non-hydrogen) atoms. The largest absolute Gasteiger partial charge is 0.525 e. The summed E-state index contributed by atoms with van der Waals surface area (Å²) < 4.78 is 25.8. The van der Waals surface area contributed by atoms with Crippen molar-refractivity contribution in [3.8, 4) is 6.07 Å². The van der Waals surface area contributed by atoms with E-state index in [0.29, 0.717) is 24.8 Å². The highest BCUT2D eigenvalue weighted by molar-refractivity contribution is 6.53. The van der Waals surface area contributed by atoms with Crippen LogP contribution in [-0.2, 0) is 9.31 Å². The van der Waals surface area contributed by atoms with Gasteiger partial charge >= 0.3 is 7.12 Å². The summed E-state index contributed by atoms with van der Waals surface area (Å²) >= 11 is 0. The van der Waals surface area contributed by atoms with Gasteiger partial charge in [0.05, 0.1) is 22.7 Å². The predicted octanol–water partition coefficient (Wildman–Crippen LogP) is 3.72. The van der Waals surface area contributed by atoms with E-state index in [2.05, 4.69) is 12.6 Å². The molecule has 0 radical (unpaired) electrons. The molecule has 0 aromatic carbocycles. The van der Waals surface area contributed by atoms with Crippen LogP contribution < -0.4 is 0 Å². The summed E-state index contributed by atoms with van der Waals surface area (Å²) in [6.45, 7) is 11.2. The molecule has 1 aliphatic heterocycles. The molecule has 0 bridgehead atoms. The van der Waals surface area contributed by atoms with Gasteiger partial charge in [-0.05, 0) is 52.5 Å². The number of hydrogen-bond acceptors (Lipinski definition) is 3. The Hall–Kier alpha value is -1.12. The van der Waals surface area contributed by atoms with Crippen LogP contribution in [0.3, 0.4) is 0 Å². The van der Waals surface area contributed by atoms with Gasteiger partial charge in [-0.25, -0.2) is 4.39 Å². The average Bonchev–Trinajstić information content (AvgIpc) is 2.52. The van der Waals surface area contributed by atoms with Gasteiger partial charge in [-0.3, -0.25) is 0 Å². The van der Waals surface area contributed by atoms with Gasteiger partial charge in [0, 0.05) is 0 Å². The van der Waals surface area contributed by atoms with E-state index < -0.39 is 23.7 Å². The van der Waals surface area contributed by atoms with Crippen molar-refractivity contribution in [2.45, 2.75) is 58.2 Å². The van der Waals surface area contributed by atoms with E-state index in [1.54, 1.807) is 6.08 Å². The lowest BCUT2D eigenvalue weighted by Crippen LogP contribution is -2.41. The van der Waals surface area contributed by atoms with Crippen LogP contribution in [0.5, 0.6) is 0 Å². The third-order valence-electron chi connectivity index (χ3n) is 4.67. The van der Waals surface area contributed by atoms with E-state index in [0.717, 1.165) is 0 Å². The zero-order valence-electron chi connectivity index (χ0n) is 12.6. The molecule has 0 atom stereocenters.